The Morgan fingerprint density at radius 2 is 1.89 bits per heavy atom. The molecule has 0 heterocycles. The number of benzene rings is 1. The van der Waals surface area contributed by atoms with Gasteiger partial charge in [-0.1, -0.05) is 37.3 Å². The summed E-state index contributed by atoms with van der Waals surface area (Å²) in [4.78, 5) is 0. The van der Waals surface area contributed by atoms with E-state index in [1.807, 2.05) is 0 Å². The molecule has 0 bridgehead atoms. The van der Waals surface area contributed by atoms with Crippen LogP contribution >= 0.6 is 0 Å². The van der Waals surface area contributed by atoms with Crippen molar-refractivity contribution in [3.8, 4) is 0 Å². The monoisotopic (exact) mass is 262 g/mol. The fourth-order valence-electron chi connectivity index (χ4n) is 3.23. The van der Waals surface area contributed by atoms with Crippen molar-refractivity contribution < 1.29 is 9.84 Å². The maximum atomic E-state index is 10.8. The van der Waals surface area contributed by atoms with Crippen LogP contribution in [0.15, 0.2) is 30.3 Å². The van der Waals surface area contributed by atoms with Gasteiger partial charge in [0, 0.05) is 13.7 Å². The molecule has 106 valence electrons. The van der Waals surface area contributed by atoms with Crippen molar-refractivity contribution in [2.75, 3.05) is 13.7 Å². The largest absolute Gasteiger partial charge is 0.390 e. The van der Waals surface area contributed by atoms with Crippen molar-refractivity contribution in [1.82, 2.24) is 0 Å². The van der Waals surface area contributed by atoms with Gasteiger partial charge in [0.2, 0.25) is 0 Å². The summed E-state index contributed by atoms with van der Waals surface area (Å²) in [6.07, 6.45) is 4.97. The van der Waals surface area contributed by atoms with E-state index >= 15 is 0 Å². The molecule has 2 nitrogen and oxygen atoms in total. The van der Waals surface area contributed by atoms with Gasteiger partial charge in [0.25, 0.3) is 0 Å². The Labute approximate surface area is 116 Å². The molecule has 1 fully saturated rings. The smallest absolute Gasteiger partial charge is 0.0674 e. The normalized spacial score (nSPS) is 29.1. The molecule has 2 heteroatoms. The Morgan fingerprint density at radius 3 is 2.47 bits per heavy atom. The van der Waals surface area contributed by atoms with Crippen LogP contribution in [0.5, 0.6) is 0 Å². The van der Waals surface area contributed by atoms with E-state index in [4.69, 9.17) is 4.74 Å². The van der Waals surface area contributed by atoms with E-state index in [1.165, 1.54) is 5.56 Å². The van der Waals surface area contributed by atoms with Crippen LogP contribution in [0.3, 0.4) is 0 Å². The summed E-state index contributed by atoms with van der Waals surface area (Å²) in [6, 6.07) is 10.7. The van der Waals surface area contributed by atoms with Gasteiger partial charge in [-0.05, 0) is 49.5 Å². The molecule has 1 N–H and O–H groups in total. The minimum absolute atomic E-state index is 0.323. The first-order valence-electron chi connectivity index (χ1n) is 7.42. The van der Waals surface area contributed by atoms with Crippen LogP contribution in [0.2, 0.25) is 0 Å². The van der Waals surface area contributed by atoms with Gasteiger partial charge >= 0.3 is 0 Å². The molecular weight excluding hydrogens is 236 g/mol. The summed E-state index contributed by atoms with van der Waals surface area (Å²) in [5.74, 6) is 0.945. The van der Waals surface area contributed by atoms with Crippen LogP contribution in [0.25, 0.3) is 0 Å². The predicted octanol–water partition coefficient (Wildman–Crippen LogP) is 3.75. The second-order valence-electron chi connectivity index (χ2n) is 5.97. The quantitative estimate of drug-likeness (QED) is 0.875. The van der Waals surface area contributed by atoms with Crippen LogP contribution in [0.4, 0.5) is 0 Å². The lowest BCUT2D eigenvalue weighted by Gasteiger charge is -2.40. The van der Waals surface area contributed by atoms with E-state index in [-0.39, 0.29) is 0 Å². The van der Waals surface area contributed by atoms with Gasteiger partial charge in [0.15, 0.2) is 0 Å². The SMILES string of the molecule is COCCC(C)C1(O)CCC(c2ccccc2)CC1. The zero-order valence-electron chi connectivity index (χ0n) is 12.1. The van der Waals surface area contributed by atoms with Crippen LogP contribution < -0.4 is 0 Å². The Bertz CT molecular complexity index is 366. The van der Waals surface area contributed by atoms with Crippen molar-refractivity contribution in [2.24, 2.45) is 5.92 Å². The lowest BCUT2D eigenvalue weighted by atomic mass is 9.70. The molecule has 1 aliphatic carbocycles. The fraction of sp³-hybridized carbons (Fsp3) is 0.647. The van der Waals surface area contributed by atoms with E-state index in [9.17, 15) is 5.11 Å². The Kier molecular flexibility index (Phi) is 5.00. The average Bonchev–Trinajstić information content (AvgIpc) is 2.46. The van der Waals surface area contributed by atoms with E-state index < -0.39 is 5.60 Å². The third-order valence-corrected chi connectivity index (χ3v) is 4.79. The minimum atomic E-state index is -0.482. The first kappa shape index (κ1) is 14.5. The molecule has 0 radical (unpaired) electrons. The van der Waals surface area contributed by atoms with Gasteiger partial charge < -0.3 is 9.84 Å². The van der Waals surface area contributed by atoms with Crippen LogP contribution in [-0.4, -0.2) is 24.4 Å². The fourth-order valence-corrected chi connectivity index (χ4v) is 3.23. The van der Waals surface area contributed by atoms with Crippen LogP contribution in [0, 0.1) is 5.92 Å². The second-order valence-corrected chi connectivity index (χ2v) is 5.97. The molecule has 1 aromatic rings. The molecule has 1 aliphatic rings. The van der Waals surface area contributed by atoms with Crippen molar-refractivity contribution in [1.29, 1.82) is 0 Å². The first-order chi connectivity index (χ1) is 9.15. The molecule has 1 aromatic carbocycles. The van der Waals surface area contributed by atoms with E-state index in [0.717, 1.165) is 38.7 Å². The van der Waals surface area contributed by atoms with Crippen LogP contribution in [-0.2, 0) is 4.74 Å². The van der Waals surface area contributed by atoms with E-state index in [0.29, 0.717) is 11.8 Å². The number of ether oxygens (including phenoxy) is 1. The van der Waals surface area contributed by atoms with Gasteiger partial charge in [-0.2, -0.15) is 0 Å². The first-order valence-corrected chi connectivity index (χ1v) is 7.42. The van der Waals surface area contributed by atoms with E-state index in [2.05, 4.69) is 37.3 Å². The highest BCUT2D eigenvalue weighted by Crippen LogP contribution is 2.42. The average molecular weight is 262 g/mol. The number of hydrogen-bond acceptors (Lipinski definition) is 2. The van der Waals surface area contributed by atoms with Crippen molar-refractivity contribution >= 4 is 0 Å². The number of methoxy groups -OCH3 is 1. The Hall–Kier alpha value is -0.860. The second kappa shape index (κ2) is 6.53. The highest BCUT2D eigenvalue weighted by Gasteiger charge is 2.37. The van der Waals surface area contributed by atoms with E-state index in [1.54, 1.807) is 7.11 Å². The van der Waals surface area contributed by atoms with Crippen molar-refractivity contribution in [2.45, 2.75) is 50.5 Å². The molecule has 2 rings (SSSR count). The lowest BCUT2D eigenvalue weighted by Crippen LogP contribution is -2.40. The van der Waals surface area contributed by atoms with Gasteiger partial charge in [-0.3, -0.25) is 0 Å². The predicted molar refractivity (Wildman–Crippen MR) is 78.3 cm³/mol. The maximum Gasteiger partial charge on any atom is 0.0674 e. The van der Waals surface area contributed by atoms with Crippen molar-refractivity contribution in [3.63, 3.8) is 0 Å². The van der Waals surface area contributed by atoms with Gasteiger partial charge in [0.1, 0.15) is 0 Å². The lowest BCUT2D eigenvalue weighted by molar-refractivity contribution is -0.0549. The zero-order chi connectivity index (χ0) is 13.7. The molecule has 1 unspecified atom stereocenters. The number of hydrogen-bond donors (Lipinski definition) is 1. The molecule has 1 atom stereocenters. The molecule has 0 amide bonds. The van der Waals surface area contributed by atoms with Gasteiger partial charge in [-0.15, -0.1) is 0 Å². The topological polar surface area (TPSA) is 29.5 Å². The summed E-state index contributed by atoms with van der Waals surface area (Å²) < 4.78 is 5.13. The molecule has 0 aromatic heterocycles. The maximum absolute atomic E-state index is 10.8. The third-order valence-electron chi connectivity index (χ3n) is 4.79. The standard InChI is InChI=1S/C17H26O2/c1-14(10-13-19-2)17(18)11-8-16(9-12-17)15-6-4-3-5-7-15/h3-7,14,16,18H,8-13H2,1-2H3. The minimum Gasteiger partial charge on any atom is -0.390 e. The Balaban J connectivity index is 1.91. The molecule has 0 saturated heterocycles. The molecular formula is C17H26O2. The highest BCUT2D eigenvalue weighted by atomic mass is 16.5. The summed E-state index contributed by atoms with van der Waals surface area (Å²) in [7, 11) is 1.73. The molecule has 1 saturated carbocycles. The van der Waals surface area contributed by atoms with Gasteiger partial charge in [0.05, 0.1) is 5.60 Å². The number of rotatable bonds is 5. The molecule has 19 heavy (non-hydrogen) atoms. The van der Waals surface area contributed by atoms with Crippen LogP contribution in [0.1, 0.15) is 50.5 Å². The Morgan fingerprint density at radius 1 is 1.26 bits per heavy atom. The summed E-state index contributed by atoms with van der Waals surface area (Å²) in [5.41, 5.74) is 0.943. The molecule has 0 aliphatic heterocycles. The summed E-state index contributed by atoms with van der Waals surface area (Å²) in [5, 5.41) is 10.8. The third kappa shape index (κ3) is 3.58. The van der Waals surface area contributed by atoms with Gasteiger partial charge in [-0.25, -0.2) is 0 Å². The highest BCUT2D eigenvalue weighted by molar-refractivity contribution is 5.20. The summed E-state index contributed by atoms with van der Waals surface area (Å²) >= 11 is 0. The number of aliphatic hydroxyl groups is 1. The van der Waals surface area contributed by atoms with Crippen molar-refractivity contribution in [3.05, 3.63) is 35.9 Å². The molecule has 0 spiro atoms. The summed E-state index contributed by atoms with van der Waals surface area (Å²) in [6.45, 7) is 2.90. The zero-order valence-corrected chi connectivity index (χ0v) is 12.1.